The molecule has 0 unspecified atom stereocenters. The Morgan fingerprint density at radius 2 is 1.96 bits per heavy atom. The number of benzene rings is 1. The van der Waals surface area contributed by atoms with E-state index in [2.05, 4.69) is 18.7 Å². The number of aromatic nitrogens is 1. The topological polar surface area (TPSA) is 29.5 Å². The summed E-state index contributed by atoms with van der Waals surface area (Å²) in [6.45, 7) is 7.86. The van der Waals surface area contributed by atoms with Gasteiger partial charge in [0.15, 0.2) is 6.54 Å². The molecule has 0 N–H and O–H groups in total. The lowest BCUT2D eigenvalue weighted by atomic mass is 10.1. The van der Waals surface area contributed by atoms with E-state index in [-0.39, 0.29) is 5.58 Å². The minimum atomic E-state index is -4.38. The van der Waals surface area contributed by atoms with Crippen LogP contribution >= 0.6 is 0 Å². The van der Waals surface area contributed by atoms with Gasteiger partial charge in [0.2, 0.25) is 5.58 Å². The van der Waals surface area contributed by atoms with Crippen molar-refractivity contribution in [3.05, 3.63) is 35.9 Å². The third-order valence-corrected chi connectivity index (χ3v) is 4.46. The van der Waals surface area contributed by atoms with Gasteiger partial charge in [-0.05, 0) is 12.0 Å². The average Bonchev–Trinajstić information content (AvgIpc) is 2.95. The standard InChI is InChI=1S/C19H24F3N2O2/c1-14(2)5-8-24-16-4-3-15(19(20,21)22)13-17(16)26-18(24)6-7-23-9-11-25-12-10-23/h3-4,6-7,13-14H,5,8-12H2,1-2H3/q+1. The summed E-state index contributed by atoms with van der Waals surface area (Å²) in [6, 6.07) is 3.68. The van der Waals surface area contributed by atoms with Crippen LogP contribution in [0.25, 0.3) is 17.2 Å². The van der Waals surface area contributed by atoms with E-state index >= 15 is 0 Å². The van der Waals surface area contributed by atoms with E-state index < -0.39 is 11.7 Å². The molecule has 1 aliphatic heterocycles. The molecule has 0 atom stereocenters. The predicted octanol–water partition coefficient (Wildman–Crippen LogP) is 4.09. The van der Waals surface area contributed by atoms with Crippen LogP contribution in [0.4, 0.5) is 13.2 Å². The highest BCUT2D eigenvalue weighted by atomic mass is 19.4. The second kappa shape index (κ2) is 7.70. The van der Waals surface area contributed by atoms with Crippen molar-refractivity contribution in [3.8, 4) is 0 Å². The number of hydrogen-bond donors (Lipinski definition) is 0. The Hall–Kier alpha value is -2.02. The van der Waals surface area contributed by atoms with Crippen LogP contribution in [0.2, 0.25) is 0 Å². The van der Waals surface area contributed by atoms with Crippen molar-refractivity contribution in [3.63, 3.8) is 0 Å². The number of fused-ring (bicyclic) bond motifs is 1. The van der Waals surface area contributed by atoms with Crippen molar-refractivity contribution in [1.82, 2.24) is 4.90 Å². The number of aryl methyl sites for hydroxylation is 1. The third-order valence-electron chi connectivity index (χ3n) is 4.46. The SMILES string of the molecule is CC(C)CC[n+]1c(/C=C/N2CCOCC2)oc2cc(C(F)(F)F)ccc21. The molecule has 26 heavy (non-hydrogen) atoms. The number of halogens is 3. The Bertz CT molecular complexity index is 775. The fraction of sp³-hybridized carbons (Fsp3) is 0.526. The summed E-state index contributed by atoms with van der Waals surface area (Å²) >= 11 is 0. The number of alkyl halides is 3. The van der Waals surface area contributed by atoms with E-state index in [0.717, 1.165) is 31.6 Å². The zero-order chi connectivity index (χ0) is 18.7. The zero-order valence-corrected chi connectivity index (χ0v) is 15.1. The summed E-state index contributed by atoms with van der Waals surface area (Å²) in [7, 11) is 0. The smallest absolute Gasteiger partial charge is 0.398 e. The van der Waals surface area contributed by atoms with E-state index in [4.69, 9.17) is 9.15 Å². The molecule has 7 heteroatoms. The van der Waals surface area contributed by atoms with Gasteiger partial charge in [-0.1, -0.05) is 13.8 Å². The Labute approximate surface area is 150 Å². The minimum Gasteiger partial charge on any atom is -0.398 e. The second-order valence-corrected chi connectivity index (χ2v) is 6.92. The van der Waals surface area contributed by atoms with Crippen LogP contribution in [0.15, 0.2) is 28.8 Å². The molecule has 2 aromatic rings. The lowest BCUT2D eigenvalue weighted by Gasteiger charge is -2.24. The Morgan fingerprint density at radius 3 is 2.62 bits per heavy atom. The molecule has 2 heterocycles. The van der Waals surface area contributed by atoms with Crippen molar-refractivity contribution in [2.75, 3.05) is 26.3 Å². The van der Waals surface area contributed by atoms with E-state index in [1.54, 1.807) is 0 Å². The first kappa shape index (κ1) is 18.8. The van der Waals surface area contributed by atoms with Gasteiger partial charge in [-0.15, -0.1) is 0 Å². The van der Waals surface area contributed by atoms with Crippen molar-refractivity contribution >= 4 is 17.2 Å². The first-order valence-electron chi connectivity index (χ1n) is 8.88. The van der Waals surface area contributed by atoms with Gasteiger partial charge in [-0.3, -0.25) is 0 Å². The molecule has 3 rings (SSSR count). The first-order valence-corrected chi connectivity index (χ1v) is 8.88. The van der Waals surface area contributed by atoms with Gasteiger partial charge in [-0.25, -0.2) is 0 Å². The lowest BCUT2D eigenvalue weighted by Crippen LogP contribution is -2.36. The van der Waals surface area contributed by atoms with Crippen LogP contribution in [0.3, 0.4) is 0 Å². The van der Waals surface area contributed by atoms with Gasteiger partial charge in [-0.2, -0.15) is 17.7 Å². The normalized spacial score (nSPS) is 16.3. The highest BCUT2D eigenvalue weighted by molar-refractivity contribution is 5.71. The molecule has 1 fully saturated rings. The van der Waals surface area contributed by atoms with Crippen molar-refractivity contribution in [1.29, 1.82) is 0 Å². The maximum Gasteiger partial charge on any atom is 0.416 e. The molecule has 1 aromatic carbocycles. The summed E-state index contributed by atoms with van der Waals surface area (Å²) in [5.41, 5.74) is 0.240. The van der Waals surface area contributed by atoms with Crippen LogP contribution in [-0.4, -0.2) is 31.2 Å². The Balaban J connectivity index is 1.95. The monoisotopic (exact) mass is 369 g/mol. The summed E-state index contributed by atoms with van der Waals surface area (Å²) < 4.78 is 52.0. The number of ether oxygens (including phenoxy) is 1. The second-order valence-electron chi connectivity index (χ2n) is 6.92. The van der Waals surface area contributed by atoms with Crippen molar-refractivity contribution < 1.29 is 26.9 Å². The van der Waals surface area contributed by atoms with Gasteiger partial charge < -0.3 is 14.1 Å². The molecular formula is C19H24F3N2O2+. The molecule has 0 spiro atoms. The van der Waals surface area contributed by atoms with Crippen LogP contribution in [0.1, 0.15) is 31.7 Å². The maximum atomic E-state index is 13.0. The Morgan fingerprint density at radius 1 is 1.23 bits per heavy atom. The number of rotatable bonds is 5. The number of morpholine rings is 1. The number of oxazole rings is 1. The molecule has 0 bridgehead atoms. The summed E-state index contributed by atoms with van der Waals surface area (Å²) in [6.07, 6.45) is 0.294. The summed E-state index contributed by atoms with van der Waals surface area (Å²) in [5, 5.41) is 0. The Kier molecular flexibility index (Phi) is 5.55. The molecule has 0 radical (unpaired) electrons. The van der Waals surface area contributed by atoms with Crippen molar-refractivity contribution in [2.45, 2.75) is 33.0 Å². The van der Waals surface area contributed by atoms with Gasteiger partial charge >= 0.3 is 12.1 Å². The van der Waals surface area contributed by atoms with Gasteiger partial charge in [0.25, 0.3) is 5.52 Å². The van der Waals surface area contributed by atoms with Gasteiger partial charge in [0, 0.05) is 37.8 Å². The highest BCUT2D eigenvalue weighted by Gasteiger charge is 2.32. The van der Waals surface area contributed by atoms with E-state index in [0.29, 0.717) is 37.1 Å². The fourth-order valence-corrected chi connectivity index (χ4v) is 2.92. The zero-order valence-electron chi connectivity index (χ0n) is 15.1. The van der Waals surface area contributed by atoms with E-state index in [1.165, 1.54) is 6.07 Å². The fourth-order valence-electron chi connectivity index (χ4n) is 2.92. The molecule has 0 aliphatic carbocycles. The predicted molar refractivity (Wildman–Crippen MR) is 92.3 cm³/mol. The molecule has 1 aliphatic rings. The largest absolute Gasteiger partial charge is 0.416 e. The molecule has 0 saturated carbocycles. The van der Waals surface area contributed by atoms with Crippen LogP contribution in [0.5, 0.6) is 0 Å². The summed E-state index contributed by atoms with van der Waals surface area (Å²) in [5.74, 6) is 1.05. The van der Waals surface area contributed by atoms with Crippen LogP contribution < -0.4 is 4.57 Å². The molecule has 142 valence electrons. The van der Waals surface area contributed by atoms with E-state index in [1.807, 2.05) is 16.8 Å². The maximum absolute atomic E-state index is 13.0. The van der Waals surface area contributed by atoms with Crippen LogP contribution in [-0.2, 0) is 17.5 Å². The lowest BCUT2D eigenvalue weighted by molar-refractivity contribution is -0.679. The quantitative estimate of drug-likeness (QED) is 0.744. The first-order chi connectivity index (χ1) is 12.3. The molecule has 4 nitrogen and oxygen atoms in total. The molecule has 1 saturated heterocycles. The minimum absolute atomic E-state index is 0.255. The molecule has 0 amide bonds. The van der Waals surface area contributed by atoms with Crippen LogP contribution in [0, 0.1) is 5.92 Å². The average molecular weight is 369 g/mol. The van der Waals surface area contributed by atoms with Gasteiger partial charge in [0.1, 0.15) is 0 Å². The van der Waals surface area contributed by atoms with Gasteiger partial charge in [0.05, 0.1) is 24.9 Å². The number of hydrogen-bond acceptors (Lipinski definition) is 3. The third kappa shape index (κ3) is 4.38. The molecular weight excluding hydrogens is 345 g/mol. The van der Waals surface area contributed by atoms with E-state index in [9.17, 15) is 13.2 Å². The highest BCUT2D eigenvalue weighted by Crippen LogP contribution is 2.31. The summed E-state index contributed by atoms with van der Waals surface area (Å²) in [4.78, 5) is 2.12. The van der Waals surface area contributed by atoms with Crippen molar-refractivity contribution in [2.24, 2.45) is 5.92 Å². The molecule has 1 aromatic heterocycles. The number of nitrogens with zero attached hydrogens (tertiary/aromatic N) is 2.